The lowest BCUT2D eigenvalue weighted by Crippen LogP contribution is -2.13. The number of sulfonamides is 1. The maximum Gasteiger partial charge on any atom is 0.262 e. The smallest absolute Gasteiger partial charge is 0.262 e. The van der Waals surface area contributed by atoms with Gasteiger partial charge in [0.25, 0.3) is 10.0 Å². The molecule has 0 atom stereocenters. The zero-order valence-corrected chi connectivity index (χ0v) is 15.4. The van der Waals surface area contributed by atoms with Crippen LogP contribution in [0.3, 0.4) is 0 Å². The molecule has 2 aromatic carbocycles. The fourth-order valence-corrected chi connectivity index (χ4v) is 3.95. The highest BCUT2D eigenvalue weighted by Gasteiger charge is 2.18. The molecule has 2 aromatic heterocycles. The molecule has 0 unspecified atom stereocenters. The fourth-order valence-electron chi connectivity index (χ4n) is 2.46. The van der Waals surface area contributed by atoms with Crippen molar-refractivity contribution < 1.29 is 12.8 Å². The first-order valence-electron chi connectivity index (χ1n) is 7.45. The van der Waals surface area contributed by atoms with Gasteiger partial charge in [-0.05, 0) is 54.1 Å². The van der Waals surface area contributed by atoms with Crippen LogP contribution < -0.4 is 4.72 Å². The van der Waals surface area contributed by atoms with Crippen LogP contribution >= 0.6 is 23.2 Å². The number of benzene rings is 2. The summed E-state index contributed by atoms with van der Waals surface area (Å²) in [5, 5.41) is 0.559. The highest BCUT2D eigenvalue weighted by Crippen LogP contribution is 2.28. The van der Waals surface area contributed by atoms with Gasteiger partial charge in [-0.15, -0.1) is 0 Å². The van der Waals surface area contributed by atoms with Crippen molar-refractivity contribution in [2.24, 2.45) is 0 Å². The van der Waals surface area contributed by atoms with Crippen molar-refractivity contribution in [2.75, 3.05) is 4.72 Å². The van der Waals surface area contributed by atoms with Crippen LogP contribution in [0.1, 0.15) is 0 Å². The monoisotopic (exact) mass is 407 g/mol. The van der Waals surface area contributed by atoms with Crippen LogP contribution in [-0.2, 0) is 10.0 Å². The van der Waals surface area contributed by atoms with Gasteiger partial charge in [0.15, 0.2) is 16.8 Å². The molecule has 4 rings (SSSR count). The minimum atomic E-state index is -3.81. The Morgan fingerprint density at radius 2 is 1.85 bits per heavy atom. The van der Waals surface area contributed by atoms with Gasteiger partial charge in [-0.3, -0.25) is 4.72 Å². The summed E-state index contributed by atoms with van der Waals surface area (Å²) in [4.78, 5) is 7.49. The largest absolute Gasteiger partial charge is 0.441 e. The summed E-state index contributed by atoms with van der Waals surface area (Å²) in [6.07, 6.45) is 0. The Kier molecular flexibility index (Phi) is 4.14. The number of furan rings is 1. The molecule has 0 bridgehead atoms. The maximum atomic E-state index is 12.6. The molecule has 0 aliphatic heterocycles. The Morgan fingerprint density at radius 1 is 1.04 bits per heavy atom. The Hall–Kier alpha value is -2.48. The van der Waals surface area contributed by atoms with Gasteiger partial charge in [-0.1, -0.05) is 23.7 Å². The fraction of sp³-hybridized carbons (Fsp3) is 0. The Labute approximate surface area is 158 Å². The molecule has 0 fully saturated rings. The first-order valence-corrected chi connectivity index (χ1v) is 9.69. The zero-order chi connectivity index (χ0) is 18.3. The van der Waals surface area contributed by atoms with E-state index < -0.39 is 10.0 Å². The summed E-state index contributed by atoms with van der Waals surface area (Å²) in [6.45, 7) is 0. The van der Waals surface area contributed by atoms with Gasteiger partial charge < -0.3 is 9.40 Å². The van der Waals surface area contributed by atoms with Crippen LogP contribution in [0.5, 0.6) is 0 Å². The van der Waals surface area contributed by atoms with E-state index in [4.69, 9.17) is 27.6 Å². The van der Waals surface area contributed by atoms with Gasteiger partial charge >= 0.3 is 0 Å². The Morgan fingerprint density at radius 3 is 2.58 bits per heavy atom. The molecular formula is C17H11Cl2N3O3S. The molecule has 0 saturated carbocycles. The molecule has 9 heteroatoms. The van der Waals surface area contributed by atoms with E-state index in [1.807, 2.05) is 0 Å². The third-order valence-electron chi connectivity index (χ3n) is 3.69. The molecule has 0 aliphatic carbocycles. The van der Waals surface area contributed by atoms with Gasteiger partial charge in [-0.2, -0.15) is 0 Å². The highest BCUT2D eigenvalue weighted by atomic mass is 35.5. The first-order chi connectivity index (χ1) is 12.4. The van der Waals surface area contributed by atoms with E-state index in [2.05, 4.69) is 14.7 Å². The minimum absolute atomic E-state index is 0.0811. The van der Waals surface area contributed by atoms with Crippen LogP contribution in [0.2, 0.25) is 10.2 Å². The number of halogens is 2. The van der Waals surface area contributed by atoms with Crippen LogP contribution in [0.15, 0.2) is 63.9 Å². The molecule has 2 heterocycles. The maximum absolute atomic E-state index is 12.6. The molecule has 2 N–H and O–H groups in total. The number of hydrogen-bond donors (Lipinski definition) is 2. The number of fused-ring (bicyclic) bond motifs is 1. The van der Waals surface area contributed by atoms with E-state index in [9.17, 15) is 8.42 Å². The lowest BCUT2D eigenvalue weighted by Gasteiger charge is -2.09. The second-order valence-electron chi connectivity index (χ2n) is 5.45. The van der Waals surface area contributed by atoms with Crippen molar-refractivity contribution in [3.63, 3.8) is 0 Å². The lowest BCUT2D eigenvalue weighted by molar-refractivity contribution is 0.580. The van der Waals surface area contributed by atoms with Crippen LogP contribution in [0.25, 0.3) is 22.6 Å². The van der Waals surface area contributed by atoms with Gasteiger partial charge in [0.05, 0.1) is 26.6 Å². The predicted octanol–water partition coefficient (Wildman–Crippen LogP) is 4.93. The average molecular weight is 408 g/mol. The molecule has 26 heavy (non-hydrogen) atoms. The molecule has 0 saturated heterocycles. The number of rotatable bonds is 4. The number of anilines is 1. The van der Waals surface area contributed by atoms with Gasteiger partial charge in [0, 0.05) is 0 Å². The normalized spacial score (nSPS) is 11.8. The molecule has 0 amide bonds. The molecule has 4 aromatic rings. The van der Waals surface area contributed by atoms with Crippen LogP contribution in [0.4, 0.5) is 5.69 Å². The number of nitrogens with one attached hydrogen (secondary N) is 2. The Bertz CT molecular complexity index is 1210. The number of nitrogens with zero attached hydrogens (tertiary/aromatic N) is 1. The van der Waals surface area contributed by atoms with Crippen molar-refractivity contribution in [2.45, 2.75) is 4.90 Å². The van der Waals surface area contributed by atoms with E-state index in [0.717, 1.165) is 0 Å². The van der Waals surface area contributed by atoms with Crippen molar-refractivity contribution in [1.29, 1.82) is 0 Å². The number of aromatic amines is 1. The summed E-state index contributed by atoms with van der Waals surface area (Å²) < 4.78 is 33.1. The second kappa shape index (κ2) is 6.35. The predicted molar refractivity (Wildman–Crippen MR) is 101 cm³/mol. The summed E-state index contributed by atoms with van der Waals surface area (Å²) in [7, 11) is -3.81. The van der Waals surface area contributed by atoms with Crippen molar-refractivity contribution in [1.82, 2.24) is 9.97 Å². The quantitative estimate of drug-likeness (QED) is 0.501. The lowest BCUT2D eigenvalue weighted by atomic mass is 10.3. The molecular weight excluding hydrogens is 397 g/mol. The number of aromatic nitrogens is 2. The molecule has 0 spiro atoms. The second-order valence-corrected chi connectivity index (χ2v) is 7.92. The van der Waals surface area contributed by atoms with Crippen molar-refractivity contribution >= 4 is 49.9 Å². The van der Waals surface area contributed by atoms with E-state index in [1.54, 1.807) is 42.5 Å². The summed E-state index contributed by atoms with van der Waals surface area (Å²) in [5.41, 5.74) is 1.46. The summed E-state index contributed by atoms with van der Waals surface area (Å²) in [5.74, 6) is 0.922. The van der Waals surface area contributed by atoms with Crippen molar-refractivity contribution in [3.8, 4) is 11.6 Å². The van der Waals surface area contributed by atoms with Crippen molar-refractivity contribution in [3.05, 3.63) is 64.8 Å². The van der Waals surface area contributed by atoms with Gasteiger partial charge in [0.1, 0.15) is 0 Å². The highest BCUT2D eigenvalue weighted by molar-refractivity contribution is 7.92. The molecule has 0 aliphatic rings. The summed E-state index contributed by atoms with van der Waals surface area (Å²) >= 11 is 11.8. The first kappa shape index (κ1) is 17.0. The SMILES string of the molecule is O=S(=O)(Nc1ccccc1Cl)c1ccc2nc(-c3ccc(Cl)o3)[nH]c2c1. The standard InChI is InChI=1S/C17H11Cl2N3O3S/c18-11-3-1-2-4-12(11)22-26(23,24)10-5-6-13-14(9-10)21-17(20-13)15-7-8-16(19)25-15/h1-9,22H,(H,20,21). The van der Waals surface area contributed by atoms with E-state index in [0.29, 0.717) is 33.3 Å². The molecule has 0 radical (unpaired) electrons. The zero-order valence-electron chi connectivity index (χ0n) is 13.0. The number of hydrogen-bond acceptors (Lipinski definition) is 4. The molecule has 132 valence electrons. The van der Waals surface area contributed by atoms with E-state index >= 15 is 0 Å². The number of H-pyrrole nitrogens is 1. The van der Waals surface area contributed by atoms with Crippen LogP contribution in [0, 0.1) is 0 Å². The van der Waals surface area contributed by atoms with E-state index in [1.165, 1.54) is 12.1 Å². The van der Waals surface area contributed by atoms with Gasteiger partial charge in [-0.25, -0.2) is 13.4 Å². The molecule has 6 nitrogen and oxygen atoms in total. The number of para-hydroxylation sites is 1. The topological polar surface area (TPSA) is 88.0 Å². The average Bonchev–Trinajstić information content (AvgIpc) is 3.22. The third kappa shape index (κ3) is 3.16. The van der Waals surface area contributed by atoms with Gasteiger partial charge in [0.2, 0.25) is 0 Å². The summed E-state index contributed by atoms with van der Waals surface area (Å²) in [6, 6.07) is 14.5. The third-order valence-corrected chi connectivity index (χ3v) is 5.58. The van der Waals surface area contributed by atoms with E-state index in [-0.39, 0.29) is 10.1 Å². The Balaban J connectivity index is 1.71. The minimum Gasteiger partial charge on any atom is -0.441 e. The number of imidazole rings is 1. The van der Waals surface area contributed by atoms with Crippen LogP contribution in [-0.4, -0.2) is 18.4 Å².